The first-order valence-corrected chi connectivity index (χ1v) is 7.88. The van der Waals surface area contributed by atoms with Crippen molar-refractivity contribution in [3.8, 4) is 5.75 Å². The summed E-state index contributed by atoms with van der Waals surface area (Å²) in [6.45, 7) is 1.91. The van der Waals surface area contributed by atoms with Crippen LogP contribution in [0.4, 0.5) is 0 Å². The fraction of sp³-hybridized carbons (Fsp3) is 0.647. The third-order valence-electron chi connectivity index (χ3n) is 4.91. The van der Waals surface area contributed by atoms with Gasteiger partial charge in [0.15, 0.2) is 0 Å². The number of hydrogen-bond donors (Lipinski definition) is 1. The number of benzene rings is 1. The van der Waals surface area contributed by atoms with Gasteiger partial charge in [0.1, 0.15) is 5.75 Å². The minimum atomic E-state index is 0.733. The summed E-state index contributed by atoms with van der Waals surface area (Å²) in [7, 11) is 4.36. The molecule has 1 heterocycles. The highest BCUT2D eigenvalue weighted by Crippen LogP contribution is 2.28. The number of rotatable bonds is 4. The average molecular weight is 274 g/mol. The van der Waals surface area contributed by atoms with Gasteiger partial charge in [0.05, 0.1) is 6.61 Å². The lowest BCUT2D eigenvalue weighted by Crippen LogP contribution is -2.39. The Labute approximate surface area is 122 Å². The molecule has 0 amide bonds. The zero-order valence-corrected chi connectivity index (χ0v) is 12.7. The second kappa shape index (κ2) is 6.15. The fourth-order valence-electron chi connectivity index (χ4n) is 3.56. The van der Waals surface area contributed by atoms with Crippen molar-refractivity contribution in [3.63, 3.8) is 0 Å². The van der Waals surface area contributed by atoms with E-state index < -0.39 is 0 Å². The van der Waals surface area contributed by atoms with Gasteiger partial charge in [-0.3, -0.25) is 4.90 Å². The predicted molar refractivity (Wildman–Crippen MR) is 82.2 cm³/mol. The van der Waals surface area contributed by atoms with Gasteiger partial charge in [-0.25, -0.2) is 0 Å². The van der Waals surface area contributed by atoms with Crippen molar-refractivity contribution >= 4 is 0 Å². The van der Waals surface area contributed by atoms with Gasteiger partial charge in [0.2, 0.25) is 0 Å². The first-order chi connectivity index (χ1) is 9.76. The highest BCUT2D eigenvalue weighted by atomic mass is 16.5. The zero-order chi connectivity index (χ0) is 13.9. The van der Waals surface area contributed by atoms with E-state index in [1.165, 1.54) is 36.8 Å². The van der Waals surface area contributed by atoms with Crippen LogP contribution in [-0.4, -0.2) is 37.7 Å². The Bertz CT molecular complexity index is 452. The van der Waals surface area contributed by atoms with E-state index in [-0.39, 0.29) is 0 Å². The van der Waals surface area contributed by atoms with E-state index in [1.54, 1.807) is 0 Å². The van der Waals surface area contributed by atoms with E-state index in [1.807, 2.05) is 0 Å². The minimum Gasteiger partial charge on any atom is -0.493 e. The Morgan fingerprint density at radius 3 is 2.80 bits per heavy atom. The van der Waals surface area contributed by atoms with Gasteiger partial charge in [-0.2, -0.15) is 0 Å². The Morgan fingerprint density at radius 1 is 1.25 bits per heavy atom. The van der Waals surface area contributed by atoms with Crippen molar-refractivity contribution in [2.24, 2.45) is 0 Å². The van der Waals surface area contributed by atoms with Crippen molar-refractivity contribution in [1.29, 1.82) is 0 Å². The van der Waals surface area contributed by atoms with E-state index in [9.17, 15) is 0 Å². The Hall–Kier alpha value is -1.06. The summed E-state index contributed by atoms with van der Waals surface area (Å²) < 4.78 is 5.58. The van der Waals surface area contributed by atoms with Crippen molar-refractivity contribution in [3.05, 3.63) is 29.3 Å². The van der Waals surface area contributed by atoms with Crippen LogP contribution in [0.25, 0.3) is 0 Å². The highest BCUT2D eigenvalue weighted by Gasteiger charge is 2.23. The molecular formula is C17H26N2O. The number of fused-ring (bicyclic) bond motifs is 1. The Balaban J connectivity index is 1.57. The normalized spacial score (nSPS) is 25.6. The van der Waals surface area contributed by atoms with Crippen molar-refractivity contribution in [1.82, 2.24) is 10.2 Å². The van der Waals surface area contributed by atoms with Crippen LogP contribution < -0.4 is 10.1 Å². The summed E-state index contributed by atoms with van der Waals surface area (Å²) in [6.07, 6.45) is 6.32. The second-order valence-corrected chi connectivity index (χ2v) is 6.25. The van der Waals surface area contributed by atoms with Crippen molar-refractivity contribution in [2.45, 2.75) is 50.7 Å². The quantitative estimate of drug-likeness (QED) is 0.913. The van der Waals surface area contributed by atoms with Crippen LogP contribution in [0.2, 0.25) is 0 Å². The van der Waals surface area contributed by atoms with Crippen molar-refractivity contribution < 1.29 is 4.74 Å². The second-order valence-electron chi connectivity index (χ2n) is 6.25. The first-order valence-electron chi connectivity index (χ1n) is 7.88. The maximum absolute atomic E-state index is 5.58. The third-order valence-corrected chi connectivity index (χ3v) is 4.91. The lowest BCUT2D eigenvalue weighted by molar-refractivity contribution is 0.170. The van der Waals surface area contributed by atoms with Gasteiger partial charge in [-0.15, -0.1) is 0 Å². The van der Waals surface area contributed by atoms with Gasteiger partial charge in [0, 0.05) is 25.0 Å². The van der Waals surface area contributed by atoms with Gasteiger partial charge < -0.3 is 10.1 Å². The molecule has 1 aromatic rings. The van der Waals surface area contributed by atoms with Gasteiger partial charge in [-0.1, -0.05) is 12.1 Å². The molecule has 3 rings (SSSR count). The SMILES string of the molecule is CNC1CCC(N(C)Cc2ccc3c(c2)CCO3)CC1. The van der Waals surface area contributed by atoms with Gasteiger partial charge in [-0.05, 0) is 57.0 Å². The molecule has 1 aromatic carbocycles. The summed E-state index contributed by atoms with van der Waals surface area (Å²) in [6, 6.07) is 8.17. The molecule has 0 bridgehead atoms. The third kappa shape index (κ3) is 2.99. The smallest absolute Gasteiger partial charge is 0.122 e. The molecule has 0 radical (unpaired) electrons. The van der Waals surface area contributed by atoms with E-state index in [2.05, 4.69) is 42.5 Å². The molecule has 110 valence electrons. The maximum Gasteiger partial charge on any atom is 0.122 e. The Kier molecular flexibility index (Phi) is 4.27. The van der Waals surface area contributed by atoms with Gasteiger partial charge >= 0.3 is 0 Å². The first kappa shape index (κ1) is 13.9. The Morgan fingerprint density at radius 2 is 2.05 bits per heavy atom. The molecule has 0 spiro atoms. The summed E-state index contributed by atoms with van der Waals surface area (Å²) in [4.78, 5) is 2.53. The molecule has 2 aliphatic rings. The largest absolute Gasteiger partial charge is 0.493 e. The number of hydrogen-bond acceptors (Lipinski definition) is 3. The van der Waals surface area contributed by atoms with Crippen LogP contribution >= 0.6 is 0 Å². The molecule has 1 saturated carbocycles. The molecule has 3 nitrogen and oxygen atoms in total. The van der Waals surface area contributed by atoms with Crippen molar-refractivity contribution in [2.75, 3.05) is 20.7 Å². The molecule has 0 saturated heterocycles. The molecule has 0 atom stereocenters. The van der Waals surface area contributed by atoms with E-state index >= 15 is 0 Å². The topological polar surface area (TPSA) is 24.5 Å². The highest BCUT2D eigenvalue weighted by molar-refractivity contribution is 5.39. The monoisotopic (exact) mass is 274 g/mol. The van der Waals surface area contributed by atoms with Crippen LogP contribution in [0, 0.1) is 0 Å². The summed E-state index contributed by atoms with van der Waals surface area (Å²) in [5.41, 5.74) is 2.81. The van der Waals surface area contributed by atoms with Crippen LogP contribution in [0.5, 0.6) is 5.75 Å². The predicted octanol–water partition coefficient (Wildman–Crippen LogP) is 2.58. The molecule has 3 heteroatoms. The van der Waals surface area contributed by atoms with Crippen LogP contribution in [0.15, 0.2) is 18.2 Å². The standard InChI is InChI=1S/C17H26N2O/c1-18-15-4-6-16(7-5-15)19(2)12-13-3-8-17-14(11-13)9-10-20-17/h3,8,11,15-16,18H,4-7,9-10,12H2,1-2H3. The average Bonchev–Trinajstić information content (AvgIpc) is 2.95. The lowest BCUT2D eigenvalue weighted by Gasteiger charge is -2.34. The molecule has 0 aromatic heterocycles. The summed E-state index contributed by atoms with van der Waals surface area (Å²) >= 11 is 0. The molecule has 1 N–H and O–H groups in total. The molecule has 1 aliphatic heterocycles. The number of ether oxygens (including phenoxy) is 1. The van der Waals surface area contributed by atoms with E-state index in [0.29, 0.717) is 0 Å². The molecular weight excluding hydrogens is 248 g/mol. The maximum atomic E-state index is 5.58. The minimum absolute atomic E-state index is 0.733. The molecule has 1 fully saturated rings. The molecule has 1 aliphatic carbocycles. The van der Waals surface area contributed by atoms with Crippen LogP contribution in [-0.2, 0) is 13.0 Å². The van der Waals surface area contributed by atoms with Gasteiger partial charge in [0.25, 0.3) is 0 Å². The number of nitrogens with one attached hydrogen (secondary N) is 1. The van der Waals surface area contributed by atoms with Crippen LogP contribution in [0.3, 0.4) is 0 Å². The van der Waals surface area contributed by atoms with E-state index in [4.69, 9.17) is 4.74 Å². The summed E-state index contributed by atoms with van der Waals surface area (Å²) in [5.74, 6) is 1.09. The fourth-order valence-corrected chi connectivity index (χ4v) is 3.56. The lowest BCUT2D eigenvalue weighted by atomic mass is 9.90. The van der Waals surface area contributed by atoms with E-state index in [0.717, 1.165) is 37.4 Å². The van der Waals surface area contributed by atoms with Crippen LogP contribution in [0.1, 0.15) is 36.8 Å². The molecule has 0 unspecified atom stereocenters. The molecule has 20 heavy (non-hydrogen) atoms. The zero-order valence-electron chi connectivity index (χ0n) is 12.7. The number of nitrogens with zero attached hydrogens (tertiary/aromatic N) is 1. The summed E-state index contributed by atoms with van der Waals surface area (Å²) in [5, 5.41) is 3.41.